The molecule has 2 fully saturated rings. The van der Waals surface area contributed by atoms with Gasteiger partial charge >= 0.3 is 0 Å². The molecule has 0 atom stereocenters. The minimum absolute atomic E-state index is 0.201. The van der Waals surface area contributed by atoms with Crippen LogP contribution in [0.15, 0.2) is 36.9 Å². The van der Waals surface area contributed by atoms with Crippen LogP contribution in [0.2, 0.25) is 0 Å². The number of pyridine rings is 1. The summed E-state index contributed by atoms with van der Waals surface area (Å²) in [6.07, 6.45) is 11.7. The topological polar surface area (TPSA) is 72.0 Å². The normalized spacial score (nSPS) is 18.8. The largest absolute Gasteiger partial charge is 0.393 e. The van der Waals surface area contributed by atoms with Gasteiger partial charge in [0.15, 0.2) is 5.65 Å². The van der Waals surface area contributed by atoms with E-state index in [-0.39, 0.29) is 6.10 Å². The standard InChI is InChI=1S/C25H30N6O/c1-29-15-27-24-20(14-23(28-25(24)29)30-11-9-19(32)10-12-30)17-7-8-22-21(13-17)26-16-31(22)18-5-3-2-4-6-18/h7-8,13-16,18-19,32H,2-6,9-12H2,1H3. The van der Waals surface area contributed by atoms with Gasteiger partial charge in [0.25, 0.3) is 0 Å². The number of aliphatic hydroxyl groups is 1. The van der Waals surface area contributed by atoms with E-state index in [0.29, 0.717) is 6.04 Å². The van der Waals surface area contributed by atoms with Gasteiger partial charge < -0.3 is 19.1 Å². The van der Waals surface area contributed by atoms with Crippen LogP contribution in [0.1, 0.15) is 51.0 Å². The van der Waals surface area contributed by atoms with Gasteiger partial charge in [-0.2, -0.15) is 0 Å². The molecule has 0 amide bonds. The number of piperidine rings is 1. The lowest BCUT2D eigenvalue weighted by Crippen LogP contribution is -2.36. The fraction of sp³-hybridized carbons (Fsp3) is 0.480. The number of anilines is 1. The fourth-order valence-corrected chi connectivity index (χ4v) is 5.41. The molecule has 6 rings (SSSR count). The van der Waals surface area contributed by atoms with E-state index in [4.69, 9.17) is 9.97 Å². The van der Waals surface area contributed by atoms with Gasteiger partial charge in [-0.05, 0) is 49.4 Å². The van der Waals surface area contributed by atoms with Gasteiger partial charge in [0.05, 0.1) is 29.8 Å². The van der Waals surface area contributed by atoms with Crippen molar-refractivity contribution in [2.24, 2.45) is 7.05 Å². The zero-order chi connectivity index (χ0) is 21.7. The fourth-order valence-electron chi connectivity index (χ4n) is 5.41. The van der Waals surface area contributed by atoms with Crippen molar-refractivity contribution in [3.05, 3.63) is 36.9 Å². The van der Waals surface area contributed by atoms with Crippen LogP contribution in [-0.4, -0.2) is 48.4 Å². The molecule has 7 heteroatoms. The maximum absolute atomic E-state index is 9.92. The lowest BCUT2D eigenvalue weighted by molar-refractivity contribution is 0.145. The van der Waals surface area contributed by atoms with Crippen LogP contribution in [0.5, 0.6) is 0 Å². The average Bonchev–Trinajstić information content (AvgIpc) is 3.43. The summed E-state index contributed by atoms with van der Waals surface area (Å²) in [5.74, 6) is 0.954. The van der Waals surface area contributed by atoms with E-state index >= 15 is 0 Å². The second-order valence-electron chi connectivity index (χ2n) is 9.42. The Morgan fingerprint density at radius 3 is 2.56 bits per heavy atom. The van der Waals surface area contributed by atoms with E-state index in [1.165, 1.54) is 37.6 Å². The van der Waals surface area contributed by atoms with Crippen molar-refractivity contribution in [1.29, 1.82) is 0 Å². The molecule has 1 saturated heterocycles. The number of benzene rings is 1. The summed E-state index contributed by atoms with van der Waals surface area (Å²) < 4.78 is 4.36. The summed E-state index contributed by atoms with van der Waals surface area (Å²) in [4.78, 5) is 16.6. The van der Waals surface area contributed by atoms with Gasteiger partial charge in [-0.25, -0.2) is 15.0 Å². The van der Waals surface area contributed by atoms with Gasteiger partial charge in [0.1, 0.15) is 11.3 Å². The molecule has 3 aromatic heterocycles. The Bertz CT molecular complexity index is 1260. The third-order valence-electron chi connectivity index (χ3n) is 7.30. The Kier molecular flexibility index (Phi) is 4.86. The lowest BCUT2D eigenvalue weighted by atomic mass is 9.95. The summed E-state index contributed by atoms with van der Waals surface area (Å²) in [6.45, 7) is 1.64. The van der Waals surface area contributed by atoms with Crippen molar-refractivity contribution in [1.82, 2.24) is 24.1 Å². The highest BCUT2D eigenvalue weighted by Gasteiger charge is 2.22. The maximum Gasteiger partial charge on any atom is 0.162 e. The molecule has 1 aliphatic carbocycles. The second-order valence-corrected chi connectivity index (χ2v) is 9.42. The van der Waals surface area contributed by atoms with Crippen LogP contribution < -0.4 is 4.90 Å². The number of imidazole rings is 2. The molecular formula is C25H30N6O. The second kappa shape index (κ2) is 7.89. The van der Waals surface area contributed by atoms with Gasteiger partial charge in [0.2, 0.25) is 0 Å². The van der Waals surface area contributed by atoms with E-state index in [0.717, 1.165) is 59.6 Å². The molecule has 4 aromatic rings. The lowest BCUT2D eigenvalue weighted by Gasteiger charge is -2.30. The van der Waals surface area contributed by atoms with Crippen molar-refractivity contribution in [2.45, 2.75) is 57.1 Å². The third-order valence-corrected chi connectivity index (χ3v) is 7.30. The molecule has 2 aliphatic rings. The first-order chi connectivity index (χ1) is 15.7. The molecule has 1 aromatic carbocycles. The van der Waals surface area contributed by atoms with Crippen LogP contribution in [0.4, 0.5) is 5.82 Å². The number of hydrogen-bond donors (Lipinski definition) is 1. The zero-order valence-electron chi connectivity index (χ0n) is 18.6. The summed E-state index contributed by atoms with van der Waals surface area (Å²) in [5, 5.41) is 9.92. The van der Waals surface area contributed by atoms with Crippen LogP contribution in [-0.2, 0) is 7.05 Å². The van der Waals surface area contributed by atoms with Crippen molar-refractivity contribution < 1.29 is 5.11 Å². The zero-order valence-corrected chi connectivity index (χ0v) is 18.6. The first-order valence-corrected chi connectivity index (χ1v) is 11.9. The highest BCUT2D eigenvalue weighted by Crippen LogP contribution is 2.35. The number of rotatable bonds is 3. The number of fused-ring (bicyclic) bond motifs is 2. The molecule has 4 heterocycles. The molecule has 166 valence electrons. The quantitative estimate of drug-likeness (QED) is 0.520. The predicted octanol–water partition coefficient (Wildman–Crippen LogP) is 4.45. The Hall–Kier alpha value is -2.93. The molecule has 0 spiro atoms. The molecule has 1 N–H and O–H groups in total. The Labute approximate surface area is 187 Å². The first kappa shape index (κ1) is 19.7. The third kappa shape index (κ3) is 3.35. The Morgan fingerprint density at radius 1 is 0.938 bits per heavy atom. The molecule has 7 nitrogen and oxygen atoms in total. The van der Waals surface area contributed by atoms with E-state index in [1.807, 2.05) is 24.3 Å². The molecule has 0 bridgehead atoms. The van der Waals surface area contributed by atoms with Crippen LogP contribution in [0.3, 0.4) is 0 Å². The van der Waals surface area contributed by atoms with Gasteiger partial charge in [-0.15, -0.1) is 0 Å². The molecular weight excluding hydrogens is 400 g/mol. The van der Waals surface area contributed by atoms with Crippen LogP contribution >= 0.6 is 0 Å². The highest BCUT2D eigenvalue weighted by atomic mass is 16.3. The maximum atomic E-state index is 9.92. The number of aliphatic hydroxyl groups excluding tert-OH is 1. The minimum atomic E-state index is -0.201. The van der Waals surface area contributed by atoms with E-state index in [1.54, 1.807) is 0 Å². The molecule has 0 radical (unpaired) electrons. The summed E-state index contributed by atoms with van der Waals surface area (Å²) >= 11 is 0. The molecule has 0 unspecified atom stereocenters. The number of aryl methyl sites for hydroxylation is 1. The van der Waals surface area contributed by atoms with Crippen molar-refractivity contribution in [2.75, 3.05) is 18.0 Å². The molecule has 1 aliphatic heterocycles. The number of nitrogens with zero attached hydrogens (tertiary/aromatic N) is 6. The Morgan fingerprint density at radius 2 is 1.75 bits per heavy atom. The number of hydrogen-bond acceptors (Lipinski definition) is 5. The van der Waals surface area contributed by atoms with Gasteiger partial charge in [-0.1, -0.05) is 25.3 Å². The summed E-state index contributed by atoms with van der Waals surface area (Å²) in [7, 11) is 1.99. The van der Waals surface area contributed by atoms with Crippen molar-refractivity contribution in [3.8, 4) is 11.1 Å². The molecule has 32 heavy (non-hydrogen) atoms. The highest BCUT2D eigenvalue weighted by molar-refractivity contribution is 5.94. The van der Waals surface area contributed by atoms with E-state index in [2.05, 4.69) is 38.7 Å². The van der Waals surface area contributed by atoms with Crippen molar-refractivity contribution >= 4 is 28.0 Å². The SMILES string of the molecule is Cn1cnc2c(-c3ccc4c(c3)ncn4C3CCCCC3)cc(N3CCC(O)CC3)nc21. The van der Waals surface area contributed by atoms with Gasteiger partial charge in [0, 0.05) is 31.7 Å². The smallest absolute Gasteiger partial charge is 0.162 e. The van der Waals surface area contributed by atoms with Gasteiger partial charge in [-0.3, -0.25) is 0 Å². The van der Waals surface area contributed by atoms with Crippen molar-refractivity contribution in [3.63, 3.8) is 0 Å². The van der Waals surface area contributed by atoms with E-state index in [9.17, 15) is 5.11 Å². The Balaban J connectivity index is 1.43. The molecule has 1 saturated carbocycles. The van der Waals surface area contributed by atoms with Crippen LogP contribution in [0.25, 0.3) is 33.3 Å². The predicted molar refractivity (Wildman–Crippen MR) is 127 cm³/mol. The summed E-state index contributed by atoms with van der Waals surface area (Å²) in [5.41, 5.74) is 6.27. The average molecular weight is 431 g/mol. The minimum Gasteiger partial charge on any atom is -0.393 e. The number of aromatic nitrogens is 5. The van der Waals surface area contributed by atoms with Crippen LogP contribution in [0, 0.1) is 0 Å². The summed E-state index contributed by atoms with van der Waals surface area (Å²) in [6, 6.07) is 9.35. The first-order valence-electron chi connectivity index (χ1n) is 11.9. The van der Waals surface area contributed by atoms with E-state index < -0.39 is 0 Å². The monoisotopic (exact) mass is 430 g/mol.